The average Bonchev–Trinajstić information content (AvgIpc) is 2.82. The molecule has 0 unspecified atom stereocenters. The summed E-state index contributed by atoms with van der Waals surface area (Å²) >= 11 is 5.95. The van der Waals surface area contributed by atoms with Crippen LogP contribution in [0.2, 0.25) is 5.28 Å². The van der Waals surface area contributed by atoms with Gasteiger partial charge in [-0.3, -0.25) is 4.79 Å². The van der Waals surface area contributed by atoms with Crippen LogP contribution in [0.4, 0.5) is 0 Å². The minimum atomic E-state index is -0.165. The maximum absolute atomic E-state index is 11.4. The van der Waals surface area contributed by atoms with Crippen molar-refractivity contribution in [3.05, 3.63) is 64.3 Å². The van der Waals surface area contributed by atoms with Gasteiger partial charge < -0.3 is 9.97 Å². The third kappa shape index (κ3) is 2.30. The van der Waals surface area contributed by atoms with E-state index in [9.17, 15) is 4.79 Å². The Bertz CT molecular complexity index is 762. The van der Waals surface area contributed by atoms with Crippen LogP contribution in [0.25, 0.3) is 22.5 Å². The topological polar surface area (TPSA) is 61.5 Å². The zero-order valence-electron chi connectivity index (χ0n) is 9.85. The normalized spacial score (nSPS) is 10.6. The van der Waals surface area contributed by atoms with E-state index in [2.05, 4.69) is 15.0 Å². The number of pyridine rings is 1. The number of hydrogen-bond acceptors (Lipinski definition) is 2. The first-order valence-corrected chi connectivity index (χ1v) is 6.12. The summed E-state index contributed by atoms with van der Waals surface area (Å²) in [4.78, 5) is 21.3. The number of H-pyrrole nitrogens is 2. The number of nitrogens with zero attached hydrogens (tertiary/aromatic N) is 1. The molecule has 5 heteroatoms. The Morgan fingerprint density at radius 1 is 1.05 bits per heavy atom. The van der Waals surface area contributed by atoms with E-state index in [0.717, 1.165) is 22.5 Å². The molecule has 0 spiro atoms. The van der Waals surface area contributed by atoms with E-state index < -0.39 is 0 Å². The summed E-state index contributed by atoms with van der Waals surface area (Å²) < 4.78 is 0. The second kappa shape index (κ2) is 4.74. The van der Waals surface area contributed by atoms with Crippen LogP contribution in [-0.2, 0) is 0 Å². The zero-order valence-corrected chi connectivity index (χ0v) is 10.6. The van der Waals surface area contributed by atoms with E-state index in [1.165, 1.54) is 6.07 Å². The largest absolute Gasteiger partial charge is 0.329 e. The van der Waals surface area contributed by atoms with Crippen LogP contribution >= 0.6 is 11.6 Å². The van der Waals surface area contributed by atoms with Crippen molar-refractivity contribution in [3.63, 3.8) is 0 Å². The molecule has 0 bridgehead atoms. The fourth-order valence-electron chi connectivity index (χ4n) is 1.96. The molecule has 3 aromatic rings. The van der Waals surface area contributed by atoms with E-state index in [0.29, 0.717) is 5.28 Å². The lowest BCUT2D eigenvalue weighted by atomic mass is 10.1. The van der Waals surface area contributed by atoms with Gasteiger partial charge in [-0.2, -0.15) is 0 Å². The molecule has 0 fully saturated rings. The van der Waals surface area contributed by atoms with Crippen molar-refractivity contribution in [2.45, 2.75) is 0 Å². The molecule has 2 heterocycles. The standard InChI is InChI=1S/C14H10ClN3O/c15-14-17-12(9-4-2-1-3-5-9)13(18-14)10-6-7-16-11(19)8-10/h1-8H,(H,16,19)(H,17,18). The minimum absolute atomic E-state index is 0.165. The van der Waals surface area contributed by atoms with Crippen molar-refractivity contribution >= 4 is 11.6 Å². The monoisotopic (exact) mass is 271 g/mol. The Morgan fingerprint density at radius 3 is 2.58 bits per heavy atom. The third-order valence-electron chi connectivity index (χ3n) is 2.79. The molecule has 0 aliphatic heterocycles. The quantitative estimate of drug-likeness (QED) is 0.752. The molecular weight excluding hydrogens is 262 g/mol. The third-order valence-corrected chi connectivity index (χ3v) is 2.96. The van der Waals surface area contributed by atoms with Crippen LogP contribution in [0.3, 0.4) is 0 Å². The van der Waals surface area contributed by atoms with Crippen molar-refractivity contribution in [1.29, 1.82) is 0 Å². The molecule has 2 N–H and O–H groups in total. The molecule has 0 saturated heterocycles. The van der Waals surface area contributed by atoms with Gasteiger partial charge in [0, 0.05) is 23.4 Å². The first kappa shape index (κ1) is 11.7. The molecule has 3 rings (SSSR count). The predicted molar refractivity (Wildman–Crippen MR) is 75.1 cm³/mol. The Labute approximate surface area is 114 Å². The second-order valence-electron chi connectivity index (χ2n) is 4.06. The molecule has 0 aliphatic rings. The van der Waals surface area contributed by atoms with Gasteiger partial charge in [0.2, 0.25) is 10.8 Å². The molecule has 0 amide bonds. The minimum Gasteiger partial charge on any atom is -0.329 e. The molecule has 94 valence electrons. The summed E-state index contributed by atoms with van der Waals surface area (Å²) in [5.74, 6) is 0. The van der Waals surface area contributed by atoms with E-state index in [-0.39, 0.29) is 5.56 Å². The van der Waals surface area contributed by atoms with E-state index in [4.69, 9.17) is 11.6 Å². The average molecular weight is 272 g/mol. The highest BCUT2D eigenvalue weighted by Gasteiger charge is 2.13. The number of rotatable bonds is 2. The summed E-state index contributed by atoms with van der Waals surface area (Å²) in [5, 5.41) is 0.300. The maximum atomic E-state index is 11.4. The molecule has 0 aliphatic carbocycles. The van der Waals surface area contributed by atoms with E-state index >= 15 is 0 Å². The summed E-state index contributed by atoms with van der Waals surface area (Å²) in [6, 6.07) is 13.0. The highest BCUT2D eigenvalue weighted by molar-refractivity contribution is 6.28. The lowest BCUT2D eigenvalue weighted by Gasteiger charge is -2.02. The number of aromatic amines is 2. The summed E-state index contributed by atoms with van der Waals surface area (Å²) in [7, 11) is 0. The van der Waals surface area contributed by atoms with Crippen LogP contribution in [-0.4, -0.2) is 15.0 Å². The molecular formula is C14H10ClN3O. The summed E-state index contributed by atoms with van der Waals surface area (Å²) in [5.41, 5.74) is 3.00. The van der Waals surface area contributed by atoms with Gasteiger partial charge in [0.15, 0.2) is 0 Å². The molecule has 1 aromatic carbocycles. The number of benzene rings is 1. The number of halogens is 1. The van der Waals surface area contributed by atoms with Gasteiger partial charge in [0.25, 0.3) is 0 Å². The van der Waals surface area contributed by atoms with Crippen LogP contribution in [0.1, 0.15) is 0 Å². The van der Waals surface area contributed by atoms with E-state index in [1.807, 2.05) is 30.3 Å². The van der Waals surface area contributed by atoms with Gasteiger partial charge >= 0.3 is 0 Å². The molecule has 0 atom stereocenters. The first-order chi connectivity index (χ1) is 9.24. The van der Waals surface area contributed by atoms with Gasteiger partial charge in [-0.15, -0.1) is 0 Å². The Hall–Kier alpha value is -2.33. The molecule has 2 aromatic heterocycles. The highest BCUT2D eigenvalue weighted by Crippen LogP contribution is 2.30. The number of nitrogens with one attached hydrogen (secondary N) is 2. The lowest BCUT2D eigenvalue weighted by Crippen LogP contribution is -2.02. The van der Waals surface area contributed by atoms with Crippen molar-refractivity contribution in [2.24, 2.45) is 0 Å². The molecule has 19 heavy (non-hydrogen) atoms. The van der Waals surface area contributed by atoms with Crippen LogP contribution < -0.4 is 5.56 Å². The van der Waals surface area contributed by atoms with Crippen LogP contribution in [0.5, 0.6) is 0 Å². The number of hydrogen-bond donors (Lipinski definition) is 2. The van der Waals surface area contributed by atoms with Crippen molar-refractivity contribution < 1.29 is 0 Å². The summed E-state index contributed by atoms with van der Waals surface area (Å²) in [6.07, 6.45) is 1.60. The van der Waals surface area contributed by atoms with Crippen molar-refractivity contribution in [3.8, 4) is 22.5 Å². The molecule has 4 nitrogen and oxygen atoms in total. The predicted octanol–water partition coefficient (Wildman–Crippen LogP) is 3.09. The van der Waals surface area contributed by atoms with Gasteiger partial charge in [-0.25, -0.2) is 4.98 Å². The first-order valence-electron chi connectivity index (χ1n) is 5.74. The SMILES string of the molecule is O=c1cc(-c2[nH]c(Cl)nc2-c2ccccc2)cc[nH]1. The Kier molecular flexibility index (Phi) is 2.93. The Morgan fingerprint density at radius 2 is 1.84 bits per heavy atom. The smallest absolute Gasteiger partial charge is 0.248 e. The zero-order chi connectivity index (χ0) is 13.2. The van der Waals surface area contributed by atoms with Gasteiger partial charge in [0.1, 0.15) is 0 Å². The number of aromatic nitrogens is 3. The maximum Gasteiger partial charge on any atom is 0.248 e. The van der Waals surface area contributed by atoms with Crippen molar-refractivity contribution in [2.75, 3.05) is 0 Å². The van der Waals surface area contributed by atoms with Gasteiger partial charge in [-0.1, -0.05) is 30.3 Å². The van der Waals surface area contributed by atoms with E-state index in [1.54, 1.807) is 12.3 Å². The van der Waals surface area contributed by atoms with Crippen molar-refractivity contribution in [1.82, 2.24) is 15.0 Å². The fraction of sp³-hybridized carbons (Fsp3) is 0. The summed E-state index contributed by atoms with van der Waals surface area (Å²) in [6.45, 7) is 0. The van der Waals surface area contributed by atoms with Gasteiger partial charge in [0.05, 0.1) is 11.4 Å². The Balaban J connectivity index is 2.20. The van der Waals surface area contributed by atoms with Gasteiger partial charge in [-0.05, 0) is 17.7 Å². The fourth-order valence-corrected chi connectivity index (χ4v) is 2.14. The number of imidazole rings is 1. The lowest BCUT2D eigenvalue weighted by molar-refractivity contribution is 1.23. The second-order valence-corrected chi connectivity index (χ2v) is 4.42. The molecule has 0 radical (unpaired) electrons. The van der Waals surface area contributed by atoms with Crippen LogP contribution in [0, 0.1) is 0 Å². The van der Waals surface area contributed by atoms with Crippen LogP contribution in [0.15, 0.2) is 53.5 Å². The molecule has 0 saturated carbocycles. The highest BCUT2D eigenvalue weighted by atomic mass is 35.5.